The normalized spacial score (nSPS) is 12.1. The maximum absolute atomic E-state index is 11.7. The topological polar surface area (TPSA) is 97.5 Å². The predicted octanol–water partition coefficient (Wildman–Crippen LogP) is 2.08. The quantitative estimate of drug-likeness (QED) is 0.864. The number of nitrogen functional groups attached to an aromatic ring is 1. The van der Waals surface area contributed by atoms with Gasteiger partial charge < -0.3 is 5.73 Å². The van der Waals surface area contributed by atoms with E-state index in [0.717, 1.165) is 5.69 Å². The van der Waals surface area contributed by atoms with Crippen LogP contribution >= 0.6 is 0 Å². The summed E-state index contributed by atoms with van der Waals surface area (Å²) in [6.07, 6.45) is 1.65. The monoisotopic (exact) mass is 263 g/mol. The van der Waals surface area contributed by atoms with E-state index in [-0.39, 0.29) is 28.6 Å². The minimum absolute atomic E-state index is 0.0569. The lowest BCUT2D eigenvalue weighted by Crippen LogP contribution is -2.15. The molecule has 1 atom stereocenters. The van der Waals surface area contributed by atoms with Crippen molar-refractivity contribution in [2.75, 3.05) is 5.73 Å². The van der Waals surface area contributed by atoms with E-state index < -0.39 is 0 Å². The van der Waals surface area contributed by atoms with E-state index in [9.17, 15) is 4.79 Å². The second kappa shape index (κ2) is 6.26. The number of anilines is 1. The molecule has 2 heterocycles. The number of hydrogen-bond acceptors (Lipinski definition) is 5. The molecule has 0 bridgehead atoms. The fraction of sp³-hybridized carbons (Fsp3) is 0.538. The van der Waals surface area contributed by atoms with Gasteiger partial charge in [0.25, 0.3) is 5.56 Å². The third kappa shape index (κ3) is 3.27. The van der Waals surface area contributed by atoms with Crippen LogP contribution in [0.1, 0.15) is 46.2 Å². The second-order valence-electron chi connectivity index (χ2n) is 4.45. The molecule has 104 valence electrons. The van der Waals surface area contributed by atoms with Crippen molar-refractivity contribution in [2.24, 2.45) is 5.92 Å². The smallest absolute Gasteiger partial charge is 0.280 e. The minimum Gasteiger partial charge on any atom is -0.369 e. The van der Waals surface area contributed by atoms with Crippen LogP contribution in [0.15, 0.2) is 11.0 Å². The molecule has 3 N–H and O–H groups in total. The van der Waals surface area contributed by atoms with Crippen molar-refractivity contribution < 1.29 is 0 Å². The van der Waals surface area contributed by atoms with E-state index in [0.29, 0.717) is 5.92 Å². The Morgan fingerprint density at radius 2 is 1.84 bits per heavy atom. The zero-order valence-corrected chi connectivity index (χ0v) is 12.1. The first kappa shape index (κ1) is 15.1. The Balaban J connectivity index is 0.000000861. The number of nitrogens with one attached hydrogen (secondary N) is 1. The SMILES string of the molecule is CC.CC(C)C(C)c1cnc2nc(N)[nH]c(=O)c2n1. The highest BCUT2D eigenvalue weighted by Gasteiger charge is 2.14. The van der Waals surface area contributed by atoms with Crippen LogP contribution in [0.4, 0.5) is 5.95 Å². The van der Waals surface area contributed by atoms with E-state index in [1.165, 1.54) is 0 Å². The average Bonchev–Trinajstić information content (AvgIpc) is 2.39. The van der Waals surface area contributed by atoms with Crippen molar-refractivity contribution >= 4 is 17.1 Å². The second-order valence-corrected chi connectivity index (χ2v) is 4.45. The van der Waals surface area contributed by atoms with Crippen LogP contribution in [0.2, 0.25) is 0 Å². The molecule has 0 radical (unpaired) electrons. The first-order chi connectivity index (χ1) is 8.99. The van der Waals surface area contributed by atoms with Gasteiger partial charge in [-0.1, -0.05) is 34.6 Å². The Morgan fingerprint density at radius 1 is 1.21 bits per heavy atom. The maximum atomic E-state index is 11.7. The molecule has 2 aromatic rings. The van der Waals surface area contributed by atoms with Crippen LogP contribution in [-0.4, -0.2) is 19.9 Å². The lowest BCUT2D eigenvalue weighted by atomic mass is 9.95. The molecule has 6 heteroatoms. The highest BCUT2D eigenvalue weighted by molar-refractivity contribution is 5.69. The van der Waals surface area contributed by atoms with Crippen LogP contribution < -0.4 is 11.3 Å². The van der Waals surface area contributed by atoms with Gasteiger partial charge in [0.2, 0.25) is 5.95 Å². The molecule has 0 spiro atoms. The molecule has 6 nitrogen and oxygen atoms in total. The van der Waals surface area contributed by atoms with Crippen molar-refractivity contribution in [1.29, 1.82) is 0 Å². The number of nitrogens with two attached hydrogens (primary N) is 1. The number of H-pyrrole nitrogens is 1. The zero-order valence-electron chi connectivity index (χ0n) is 12.1. The Morgan fingerprint density at radius 3 is 2.42 bits per heavy atom. The molecule has 0 aliphatic heterocycles. The molecular formula is C13H21N5O. The summed E-state index contributed by atoms with van der Waals surface area (Å²) in [4.78, 5) is 26.5. The van der Waals surface area contributed by atoms with Gasteiger partial charge in [-0.2, -0.15) is 4.98 Å². The van der Waals surface area contributed by atoms with Crippen molar-refractivity contribution in [3.05, 3.63) is 22.2 Å². The summed E-state index contributed by atoms with van der Waals surface area (Å²) in [5, 5.41) is 0. The van der Waals surface area contributed by atoms with Gasteiger partial charge in [-0.05, 0) is 5.92 Å². The average molecular weight is 263 g/mol. The highest BCUT2D eigenvalue weighted by Crippen LogP contribution is 2.21. The number of aromatic amines is 1. The number of fused-ring (bicyclic) bond motifs is 1. The summed E-state index contributed by atoms with van der Waals surface area (Å²) in [6.45, 7) is 10.3. The summed E-state index contributed by atoms with van der Waals surface area (Å²) in [6, 6.07) is 0. The molecule has 0 aliphatic carbocycles. The molecule has 2 rings (SSSR count). The largest absolute Gasteiger partial charge is 0.369 e. The fourth-order valence-corrected chi connectivity index (χ4v) is 1.51. The van der Waals surface area contributed by atoms with Crippen molar-refractivity contribution in [2.45, 2.75) is 40.5 Å². The molecule has 1 unspecified atom stereocenters. The lowest BCUT2D eigenvalue weighted by Gasteiger charge is -2.14. The van der Waals surface area contributed by atoms with Gasteiger partial charge >= 0.3 is 0 Å². The van der Waals surface area contributed by atoms with E-state index in [2.05, 4.69) is 40.7 Å². The Labute approximate surface area is 112 Å². The number of rotatable bonds is 2. The zero-order chi connectivity index (χ0) is 14.6. The van der Waals surface area contributed by atoms with Gasteiger partial charge in [-0.15, -0.1) is 0 Å². The molecular weight excluding hydrogens is 242 g/mol. The first-order valence-electron chi connectivity index (χ1n) is 6.51. The molecule has 0 saturated heterocycles. The number of nitrogens with zero attached hydrogens (tertiary/aromatic N) is 3. The highest BCUT2D eigenvalue weighted by atomic mass is 16.1. The first-order valence-corrected chi connectivity index (χ1v) is 6.51. The van der Waals surface area contributed by atoms with Crippen LogP contribution in [-0.2, 0) is 0 Å². The van der Waals surface area contributed by atoms with Crippen LogP contribution in [0.3, 0.4) is 0 Å². The Hall–Kier alpha value is -1.98. The van der Waals surface area contributed by atoms with Crippen LogP contribution in [0.5, 0.6) is 0 Å². The summed E-state index contributed by atoms with van der Waals surface area (Å²) < 4.78 is 0. The molecule has 0 aliphatic rings. The standard InChI is InChI=1S/C11H15N5O.C2H6/c1-5(2)6(3)7-4-13-9-8(14-7)10(17)16-11(12)15-9;1-2/h4-6H,1-3H3,(H3,12,13,15,16,17);1-2H3. The van der Waals surface area contributed by atoms with Gasteiger partial charge in [0, 0.05) is 5.92 Å². The van der Waals surface area contributed by atoms with Gasteiger partial charge in [0.15, 0.2) is 11.2 Å². The maximum Gasteiger partial charge on any atom is 0.280 e. The molecule has 0 saturated carbocycles. The van der Waals surface area contributed by atoms with Crippen LogP contribution in [0, 0.1) is 5.92 Å². The Bertz CT molecular complexity index is 605. The summed E-state index contributed by atoms with van der Waals surface area (Å²) >= 11 is 0. The van der Waals surface area contributed by atoms with E-state index in [4.69, 9.17) is 5.73 Å². The van der Waals surface area contributed by atoms with Gasteiger partial charge in [0.05, 0.1) is 11.9 Å². The van der Waals surface area contributed by atoms with Crippen molar-refractivity contribution in [3.8, 4) is 0 Å². The molecule has 0 aromatic carbocycles. The van der Waals surface area contributed by atoms with Crippen molar-refractivity contribution in [3.63, 3.8) is 0 Å². The summed E-state index contributed by atoms with van der Waals surface area (Å²) in [7, 11) is 0. The van der Waals surface area contributed by atoms with E-state index >= 15 is 0 Å². The Kier molecular flexibility index (Phi) is 4.97. The number of aromatic nitrogens is 4. The summed E-state index contributed by atoms with van der Waals surface area (Å²) in [5.41, 5.74) is 6.41. The van der Waals surface area contributed by atoms with Gasteiger partial charge in [-0.3, -0.25) is 9.78 Å². The molecule has 0 amide bonds. The lowest BCUT2D eigenvalue weighted by molar-refractivity contribution is 0.523. The molecule has 0 fully saturated rings. The van der Waals surface area contributed by atoms with E-state index in [1.807, 2.05) is 13.8 Å². The third-order valence-corrected chi connectivity index (χ3v) is 2.92. The minimum atomic E-state index is -0.349. The van der Waals surface area contributed by atoms with Gasteiger partial charge in [0.1, 0.15) is 0 Å². The molecule has 19 heavy (non-hydrogen) atoms. The van der Waals surface area contributed by atoms with Gasteiger partial charge in [-0.25, -0.2) is 9.97 Å². The fourth-order valence-electron chi connectivity index (χ4n) is 1.51. The molecule has 2 aromatic heterocycles. The van der Waals surface area contributed by atoms with Crippen LogP contribution in [0.25, 0.3) is 11.2 Å². The van der Waals surface area contributed by atoms with E-state index in [1.54, 1.807) is 6.20 Å². The predicted molar refractivity (Wildman–Crippen MR) is 77.0 cm³/mol. The summed E-state index contributed by atoms with van der Waals surface area (Å²) in [5.74, 6) is 0.730. The third-order valence-electron chi connectivity index (χ3n) is 2.92. The van der Waals surface area contributed by atoms with Crippen molar-refractivity contribution in [1.82, 2.24) is 19.9 Å². The number of hydrogen-bond donors (Lipinski definition) is 2.